The zero-order valence-corrected chi connectivity index (χ0v) is 11.5. The van der Waals surface area contributed by atoms with E-state index in [1.807, 2.05) is 0 Å². The summed E-state index contributed by atoms with van der Waals surface area (Å²) < 4.78 is 10.2. The average Bonchev–Trinajstić information content (AvgIpc) is 2.53. The molecule has 0 aliphatic carbocycles. The molecule has 1 unspecified atom stereocenters. The second-order valence-corrected chi connectivity index (χ2v) is 4.57. The van der Waals surface area contributed by atoms with Crippen molar-refractivity contribution >= 4 is 11.6 Å². The van der Waals surface area contributed by atoms with Crippen LogP contribution in [0.4, 0.5) is 5.69 Å². The van der Waals surface area contributed by atoms with Crippen molar-refractivity contribution in [3.05, 3.63) is 33.9 Å². The van der Waals surface area contributed by atoms with Gasteiger partial charge in [-0.05, 0) is 6.07 Å². The van der Waals surface area contributed by atoms with Gasteiger partial charge >= 0.3 is 5.69 Å². The number of nitrogens with zero attached hydrogens (tertiary/aromatic N) is 2. The number of benzene rings is 1. The normalized spacial score (nSPS) is 18.4. The Kier molecular flexibility index (Phi) is 4.71. The monoisotopic (exact) mass is 296 g/mol. The maximum absolute atomic E-state index is 12.4. The maximum Gasteiger partial charge on any atom is 0.310 e. The van der Waals surface area contributed by atoms with E-state index in [0.29, 0.717) is 18.7 Å². The van der Waals surface area contributed by atoms with Crippen LogP contribution in [0, 0.1) is 10.1 Å². The average molecular weight is 296 g/mol. The predicted molar refractivity (Wildman–Crippen MR) is 72.4 cm³/mol. The molecule has 0 radical (unpaired) electrons. The molecule has 8 nitrogen and oxygen atoms in total. The number of rotatable bonds is 4. The van der Waals surface area contributed by atoms with E-state index < -0.39 is 11.0 Å². The largest absolute Gasteiger partial charge is 0.490 e. The number of morpholine rings is 1. The van der Waals surface area contributed by atoms with Crippen LogP contribution in [0.2, 0.25) is 0 Å². The van der Waals surface area contributed by atoms with Gasteiger partial charge in [-0.1, -0.05) is 0 Å². The Morgan fingerprint density at radius 1 is 1.62 bits per heavy atom. The molecule has 1 amide bonds. The molecule has 1 aliphatic rings. The Labute approximate surface area is 121 Å². The number of ether oxygens (including phenoxy) is 2. The minimum Gasteiger partial charge on any atom is -0.490 e. The zero-order chi connectivity index (χ0) is 15.4. The van der Waals surface area contributed by atoms with Crippen LogP contribution in [-0.4, -0.2) is 60.4 Å². The SMILES string of the molecule is COc1cc(C(=O)N2CCOC(CO)C2)ccc1[N+](=O)[O-]. The van der Waals surface area contributed by atoms with E-state index in [4.69, 9.17) is 14.6 Å². The first-order valence-corrected chi connectivity index (χ1v) is 6.41. The molecule has 2 rings (SSSR count). The van der Waals surface area contributed by atoms with Crippen molar-refractivity contribution in [1.29, 1.82) is 0 Å². The maximum atomic E-state index is 12.4. The molecule has 0 spiro atoms. The van der Waals surface area contributed by atoms with Gasteiger partial charge in [-0.2, -0.15) is 0 Å². The van der Waals surface area contributed by atoms with Crippen LogP contribution in [0.25, 0.3) is 0 Å². The number of aliphatic hydroxyl groups is 1. The van der Waals surface area contributed by atoms with E-state index in [1.165, 1.54) is 25.3 Å². The molecule has 1 heterocycles. The Morgan fingerprint density at radius 3 is 3.00 bits per heavy atom. The number of hydrogen-bond donors (Lipinski definition) is 1. The number of aliphatic hydroxyl groups excluding tert-OH is 1. The molecule has 1 fully saturated rings. The molecule has 8 heteroatoms. The van der Waals surface area contributed by atoms with Crippen molar-refractivity contribution < 1.29 is 24.3 Å². The fourth-order valence-corrected chi connectivity index (χ4v) is 2.16. The lowest BCUT2D eigenvalue weighted by Crippen LogP contribution is -2.46. The van der Waals surface area contributed by atoms with E-state index in [2.05, 4.69) is 0 Å². The molecule has 0 aromatic heterocycles. The summed E-state index contributed by atoms with van der Waals surface area (Å²) in [5, 5.41) is 19.9. The third-order valence-electron chi connectivity index (χ3n) is 3.25. The van der Waals surface area contributed by atoms with Gasteiger partial charge in [-0.25, -0.2) is 0 Å². The summed E-state index contributed by atoms with van der Waals surface area (Å²) in [6, 6.07) is 3.99. The molecule has 1 aromatic rings. The summed E-state index contributed by atoms with van der Waals surface area (Å²) in [5.41, 5.74) is 0.111. The molecule has 0 saturated carbocycles. The van der Waals surface area contributed by atoms with Gasteiger partial charge in [0.05, 0.1) is 31.4 Å². The molecule has 0 bridgehead atoms. The number of methoxy groups -OCH3 is 1. The number of carbonyl (C=O) groups excluding carboxylic acids is 1. The van der Waals surface area contributed by atoms with Crippen LogP contribution in [0.15, 0.2) is 18.2 Å². The van der Waals surface area contributed by atoms with E-state index in [0.717, 1.165) is 0 Å². The van der Waals surface area contributed by atoms with Gasteiger partial charge in [-0.3, -0.25) is 14.9 Å². The molecule has 1 aliphatic heterocycles. The van der Waals surface area contributed by atoms with Crippen molar-refractivity contribution in [2.24, 2.45) is 0 Å². The van der Waals surface area contributed by atoms with Crippen molar-refractivity contribution in [2.75, 3.05) is 33.4 Å². The summed E-state index contributed by atoms with van der Waals surface area (Å²) in [7, 11) is 1.31. The summed E-state index contributed by atoms with van der Waals surface area (Å²) in [6.45, 7) is 0.887. The molecule has 114 valence electrons. The second kappa shape index (κ2) is 6.51. The molecule has 1 atom stereocenters. The highest BCUT2D eigenvalue weighted by Gasteiger charge is 2.26. The third kappa shape index (κ3) is 3.29. The lowest BCUT2D eigenvalue weighted by atomic mass is 10.1. The molecule has 1 saturated heterocycles. The van der Waals surface area contributed by atoms with Crippen LogP contribution in [0.3, 0.4) is 0 Å². The smallest absolute Gasteiger partial charge is 0.310 e. The Bertz CT molecular complexity index is 547. The highest BCUT2D eigenvalue weighted by Crippen LogP contribution is 2.28. The summed E-state index contributed by atoms with van der Waals surface area (Å²) in [6.07, 6.45) is -0.400. The van der Waals surface area contributed by atoms with Gasteiger partial charge in [0.25, 0.3) is 5.91 Å². The lowest BCUT2D eigenvalue weighted by Gasteiger charge is -2.32. The molecular formula is C13H16N2O6. The standard InChI is InChI=1S/C13H16N2O6/c1-20-12-6-9(2-3-11(12)15(18)19)13(17)14-4-5-21-10(7-14)8-16/h2-3,6,10,16H,4-5,7-8H2,1H3. The van der Waals surface area contributed by atoms with Crippen LogP contribution >= 0.6 is 0 Å². The number of hydrogen-bond acceptors (Lipinski definition) is 6. The first-order chi connectivity index (χ1) is 10.1. The molecule has 21 heavy (non-hydrogen) atoms. The number of nitro benzene ring substituents is 1. The second-order valence-electron chi connectivity index (χ2n) is 4.57. The molecule has 1 N–H and O–H groups in total. The quantitative estimate of drug-likeness (QED) is 0.639. The minimum absolute atomic E-state index is 0.0396. The van der Waals surface area contributed by atoms with Crippen molar-refractivity contribution in [1.82, 2.24) is 4.90 Å². The number of amides is 1. The highest BCUT2D eigenvalue weighted by molar-refractivity contribution is 5.95. The van der Waals surface area contributed by atoms with Gasteiger partial charge in [-0.15, -0.1) is 0 Å². The van der Waals surface area contributed by atoms with Crippen LogP contribution < -0.4 is 4.74 Å². The topological polar surface area (TPSA) is 102 Å². The van der Waals surface area contributed by atoms with Crippen molar-refractivity contribution in [2.45, 2.75) is 6.10 Å². The van der Waals surface area contributed by atoms with E-state index in [9.17, 15) is 14.9 Å². The lowest BCUT2D eigenvalue weighted by molar-refractivity contribution is -0.385. The van der Waals surface area contributed by atoms with Crippen LogP contribution in [-0.2, 0) is 4.74 Å². The summed E-state index contributed by atoms with van der Waals surface area (Å²) in [4.78, 5) is 24.2. The van der Waals surface area contributed by atoms with Gasteiger partial charge in [0.15, 0.2) is 5.75 Å². The van der Waals surface area contributed by atoms with Crippen molar-refractivity contribution in [3.63, 3.8) is 0 Å². The minimum atomic E-state index is -0.566. The fourth-order valence-electron chi connectivity index (χ4n) is 2.16. The van der Waals surface area contributed by atoms with E-state index in [1.54, 1.807) is 4.90 Å². The molecular weight excluding hydrogens is 280 g/mol. The highest BCUT2D eigenvalue weighted by atomic mass is 16.6. The van der Waals surface area contributed by atoms with Crippen LogP contribution in [0.1, 0.15) is 10.4 Å². The summed E-state index contributed by atoms with van der Waals surface area (Å²) in [5.74, 6) is -0.234. The number of nitro groups is 1. The Morgan fingerprint density at radius 2 is 2.38 bits per heavy atom. The van der Waals surface area contributed by atoms with Gasteiger partial charge in [0.1, 0.15) is 0 Å². The first-order valence-electron chi connectivity index (χ1n) is 6.41. The predicted octanol–water partition coefficient (Wildman–Crippen LogP) is 0.437. The van der Waals surface area contributed by atoms with E-state index >= 15 is 0 Å². The van der Waals surface area contributed by atoms with Gasteiger partial charge < -0.3 is 19.5 Å². The zero-order valence-electron chi connectivity index (χ0n) is 11.5. The summed E-state index contributed by atoms with van der Waals surface area (Å²) >= 11 is 0. The Balaban J connectivity index is 2.21. The molecule has 1 aromatic carbocycles. The first kappa shape index (κ1) is 15.2. The van der Waals surface area contributed by atoms with Gasteiger partial charge in [0, 0.05) is 30.8 Å². The van der Waals surface area contributed by atoms with Crippen molar-refractivity contribution in [3.8, 4) is 5.75 Å². The third-order valence-corrected chi connectivity index (χ3v) is 3.25. The number of carbonyl (C=O) groups is 1. The Hall–Kier alpha value is -2.19. The van der Waals surface area contributed by atoms with Gasteiger partial charge in [0.2, 0.25) is 0 Å². The van der Waals surface area contributed by atoms with E-state index in [-0.39, 0.29) is 30.5 Å². The van der Waals surface area contributed by atoms with Crippen LogP contribution in [0.5, 0.6) is 5.75 Å². The fraction of sp³-hybridized carbons (Fsp3) is 0.462.